The molecule has 0 aliphatic heterocycles. The van der Waals surface area contributed by atoms with Crippen LogP contribution in [-0.2, 0) is 5.41 Å². The van der Waals surface area contributed by atoms with Gasteiger partial charge in [-0.15, -0.1) is 11.3 Å². The van der Waals surface area contributed by atoms with Crippen LogP contribution in [0.2, 0.25) is 0 Å². The molecule has 0 N–H and O–H groups in total. The topological polar surface area (TPSA) is 25.8 Å². The first-order valence-corrected chi connectivity index (χ1v) is 5.57. The average Bonchev–Trinajstić information content (AvgIpc) is 2.46. The molecule has 0 aliphatic rings. The number of aromatic nitrogens is 2. The van der Waals surface area contributed by atoms with Crippen molar-refractivity contribution in [1.82, 2.24) is 9.97 Å². The second-order valence-electron chi connectivity index (χ2n) is 4.57. The molecule has 0 radical (unpaired) electrons. The summed E-state index contributed by atoms with van der Waals surface area (Å²) in [4.78, 5) is 9.79. The van der Waals surface area contributed by atoms with Gasteiger partial charge < -0.3 is 0 Å². The van der Waals surface area contributed by atoms with E-state index in [2.05, 4.69) is 43.0 Å². The molecular weight excluding hydrogens is 192 g/mol. The van der Waals surface area contributed by atoms with E-state index in [0.29, 0.717) is 0 Å². The monoisotopic (exact) mass is 206 g/mol. The molecule has 3 heteroatoms. The Bertz CT molecular complexity index is 466. The molecule has 2 nitrogen and oxygen atoms in total. The summed E-state index contributed by atoms with van der Waals surface area (Å²) in [5, 5.41) is 3.39. The molecule has 0 aromatic carbocycles. The number of thiophene rings is 1. The van der Waals surface area contributed by atoms with Crippen LogP contribution in [0, 0.1) is 6.92 Å². The van der Waals surface area contributed by atoms with Gasteiger partial charge in [-0.05, 0) is 17.9 Å². The Labute approximate surface area is 88.0 Å². The molecule has 2 aromatic heterocycles. The van der Waals surface area contributed by atoms with E-state index in [1.807, 2.05) is 0 Å². The summed E-state index contributed by atoms with van der Waals surface area (Å²) >= 11 is 1.69. The maximum atomic E-state index is 4.41. The molecule has 0 spiro atoms. The Kier molecular flexibility index (Phi) is 2.07. The maximum absolute atomic E-state index is 4.41. The lowest BCUT2D eigenvalue weighted by Crippen LogP contribution is -2.14. The predicted molar refractivity (Wildman–Crippen MR) is 60.9 cm³/mol. The summed E-state index contributed by atoms with van der Waals surface area (Å²) in [6, 6.07) is 0. The smallest absolute Gasteiger partial charge is 0.127 e. The van der Waals surface area contributed by atoms with Crippen molar-refractivity contribution in [2.45, 2.75) is 33.1 Å². The van der Waals surface area contributed by atoms with Gasteiger partial charge in [0.15, 0.2) is 0 Å². The second-order valence-corrected chi connectivity index (χ2v) is 5.43. The van der Waals surface area contributed by atoms with Crippen molar-refractivity contribution in [1.29, 1.82) is 0 Å². The summed E-state index contributed by atoms with van der Waals surface area (Å²) in [6.45, 7) is 8.68. The highest BCUT2D eigenvalue weighted by molar-refractivity contribution is 7.16. The molecule has 2 aromatic rings. The molecule has 2 heterocycles. The van der Waals surface area contributed by atoms with Gasteiger partial charge in [-0.2, -0.15) is 0 Å². The SMILES string of the molecule is Cc1csc2ncnc(C(C)(C)C)c12. The van der Waals surface area contributed by atoms with Crippen molar-refractivity contribution in [2.75, 3.05) is 0 Å². The molecular formula is C11H14N2S. The first-order chi connectivity index (χ1) is 6.50. The molecule has 0 saturated heterocycles. The van der Waals surface area contributed by atoms with Crippen LogP contribution in [0.4, 0.5) is 0 Å². The number of nitrogens with zero attached hydrogens (tertiary/aromatic N) is 2. The number of fused-ring (bicyclic) bond motifs is 1. The second kappa shape index (κ2) is 3.02. The molecule has 0 aliphatic carbocycles. The highest BCUT2D eigenvalue weighted by Crippen LogP contribution is 2.32. The van der Waals surface area contributed by atoms with E-state index in [4.69, 9.17) is 0 Å². The van der Waals surface area contributed by atoms with Crippen molar-refractivity contribution in [2.24, 2.45) is 0 Å². The van der Waals surface area contributed by atoms with E-state index >= 15 is 0 Å². The zero-order chi connectivity index (χ0) is 10.3. The Morgan fingerprint density at radius 1 is 1.21 bits per heavy atom. The molecule has 0 saturated carbocycles. The number of hydrogen-bond acceptors (Lipinski definition) is 3. The molecule has 14 heavy (non-hydrogen) atoms. The van der Waals surface area contributed by atoms with Crippen LogP contribution >= 0.6 is 11.3 Å². The van der Waals surface area contributed by atoms with Gasteiger partial charge in [-0.25, -0.2) is 9.97 Å². The summed E-state index contributed by atoms with van der Waals surface area (Å²) < 4.78 is 0. The van der Waals surface area contributed by atoms with Crippen molar-refractivity contribution in [3.05, 3.63) is 23.0 Å². The minimum absolute atomic E-state index is 0.0903. The van der Waals surface area contributed by atoms with E-state index in [1.165, 1.54) is 10.9 Å². The first-order valence-electron chi connectivity index (χ1n) is 4.69. The zero-order valence-corrected chi connectivity index (χ0v) is 9.77. The van der Waals surface area contributed by atoms with Gasteiger partial charge in [-0.1, -0.05) is 20.8 Å². The number of aryl methyl sites for hydroxylation is 1. The van der Waals surface area contributed by atoms with Gasteiger partial charge in [0.1, 0.15) is 11.2 Å². The normalized spacial score (nSPS) is 12.3. The molecule has 0 fully saturated rings. The first kappa shape index (κ1) is 9.59. The molecule has 74 valence electrons. The molecule has 0 atom stereocenters. The average molecular weight is 206 g/mol. The predicted octanol–water partition coefficient (Wildman–Crippen LogP) is 3.30. The third-order valence-electron chi connectivity index (χ3n) is 2.26. The summed E-state index contributed by atoms with van der Waals surface area (Å²) in [7, 11) is 0. The standard InChI is InChI=1S/C11H14N2S/c1-7-5-14-10-8(7)9(11(2,3)4)12-6-13-10/h5-6H,1-4H3. The Hall–Kier alpha value is -0.960. The van der Waals surface area contributed by atoms with Crippen molar-refractivity contribution in [3.8, 4) is 0 Å². The lowest BCUT2D eigenvalue weighted by molar-refractivity contribution is 0.574. The van der Waals surface area contributed by atoms with Gasteiger partial charge >= 0.3 is 0 Å². The fourth-order valence-corrected chi connectivity index (χ4v) is 2.48. The van der Waals surface area contributed by atoms with Crippen LogP contribution < -0.4 is 0 Å². The number of hydrogen-bond donors (Lipinski definition) is 0. The lowest BCUT2D eigenvalue weighted by atomic mass is 9.89. The lowest BCUT2D eigenvalue weighted by Gasteiger charge is -2.18. The van der Waals surface area contributed by atoms with Crippen molar-refractivity contribution in [3.63, 3.8) is 0 Å². The van der Waals surface area contributed by atoms with Crippen molar-refractivity contribution < 1.29 is 0 Å². The fourth-order valence-electron chi connectivity index (χ4n) is 1.59. The third-order valence-corrected chi connectivity index (χ3v) is 3.27. The Morgan fingerprint density at radius 2 is 1.93 bits per heavy atom. The van der Waals surface area contributed by atoms with E-state index in [1.54, 1.807) is 17.7 Å². The summed E-state index contributed by atoms with van der Waals surface area (Å²) in [5.41, 5.74) is 2.53. The van der Waals surface area contributed by atoms with Crippen LogP contribution in [0.25, 0.3) is 10.2 Å². The Balaban J connectivity index is 2.82. The fraction of sp³-hybridized carbons (Fsp3) is 0.455. The molecule has 2 rings (SSSR count). The van der Waals surface area contributed by atoms with Crippen LogP contribution in [0.3, 0.4) is 0 Å². The largest absolute Gasteiger partial charge is 0.240 e. The minimum atomic E-state index is 0.0903. The van der Waals surface area contributed by atoms with E-state index < -0.39 is 0 Å². The van der Waals surface area contributed by atoms with Gasteiger partial charge in [0.05, 0.1) is 5.69 Å². The zero-order valence-electron chi connectivity index (χ0n) is 8.96. The highest BCUT2D eigenvalue weighted by atomic mass is 32.1. The van der Waals surface area contributed by atoms with Crippen LogP contribution in [0.15, 0.2) is 11.7 Å². The van der Waals surface area contributed by atoms with Crippen LogP contribution in [0.5, 0.6) is 0 Å². The minimum Gasteiger partial charge on any atom is -0.240 e. The quantitative estimate of drug-likeness (QED) is 0.661. The van der Waals surface area contributed by atoms with E-state index in [0.717, 1.165) is 10.5 Å². The Morgan fingerprint density at radius 3 is 2.57 bits per heavy atom. The van der Waals surface area contributed by atoms with E-state index in [9.17, 15) is 0 Å². The van der Waals surface area contributed by atoms with E-state index in [-0.39, 0.29) is 5.41 Å². The van der Waals surface area contributed by atoms with Gasteiger partial charge in [-0.3, -0.25) is 0 Å². The van der Waals surface area contributed by atoms with Crippen LogP contribution in [0.1, 0.15) is 32.0 Å². The van der Waals surface area contributed by atoms with Crippen molar-refractivity contribution >= 4 is 21.6 Å². The van der Waals surface area contributed by atoms with Gasteiger partial charge in [0.2, 0.25) is 0 Å². The van der Waals surface area contributed by atoms with Crippen LogP contribution in [-0.4, -0.2) is 9.97 Å². The summed E-state index contributed by atoms with van der Waals surface area (Å²) in [6.07, 6.45) is 1.67. The maximum Gasteiger partial charge on any atom is 0.127 e. The molecule has 0 amide bonds. The highest BCUT2D eigenvalue weighted by Gasteiger charge is 2.20. The third kappa shape index (κ3) is 1.42. The molecule has 0 bridgehead atoms. The summed E-state index contributed by atoms with van der Waals surface area (Å²) in [5.74, 6) is 0. The van der Waals surface area contributed by atoms with Gasteiger partial charge in [0, 0.05) is 10.8 Å². The molecule has 0 unspecified atom stereocenters. The van der Waals surface area contributed by atoms with Gasteiger partial charge in [0.25, 0.3) is 0 Å². The number of rotatable bonds is 0.